The van der Waals surface area contributed by atoms with Crippen LogP contribution in [0.5, 0.6) is 0 Å². The molecule has 1 spiro atoms. The van der Waals surface area contributed by atoms with Gasteiger partial charge in [-0.1, -0.05) is 69.9 Å². The summed E-state index contributed by atoms with van der Waals surface area (Å²) in [5.74, 6) is -1.81. The number of rotatable bonds is 18. The van der Waals surface area contributed by atoms with Crippen molar-refractivity contribution in [3.8, 4) is 0 Å². The van der Waals surface area contributed by atoms with Crippen LogP contribution >= 0.6 is 0 Å². The van der Waals surface area contributed by atoms with Crippen LogP contribution in [0.2, 0.25) is 0 Å². The molecule has 8 nitrogen and oxygen atoms in total. The van der Waals surface area contributed by atoms with Gasteiger partial charge in [0, 0.05) is 38.5 Å². The molecular formula is C35H51N3O5. The standard InChI is InChI=1S/C35H51N3O5/c1-5-9-15-24-36(22-6-2)33(42)30-35-21-20-34(8-4,43-35)28(29(35)32(41)38(30)25-16-10-11-17-26-39)31(40)37(23-7-3)27-18-13-12-14-19-27/h6-7,12-14,18-19,28-30,39H,2-3,5,8-11,15-17,20-26H2,1,4H3/t28-,29-,30?,34+,35?/m0/s1. The molecule has 3 amide bonds. The Balaban J connectivity index is 1.74. The highest BCUT2D eigenvalue weighted by Gasteiger charge is 2.79. The molecule has 236 valence electrons. The zero-order chi connectivity index (χ0) is 31.0. The van der Waals surface area contributed by atoms with Crippen molar-refractivity contribution in [2.45, 2.75) is 95.3 Å². The van der Waals surface area contributed by atoms with Gasteiger partial charge in [-0.25, -0.2) is 0 Å². The zero-order valence-electron chi connectivity index (χ0n) is 26.2. The van der Waals surface area contributed by atoms with E-state index in [2.05, 4.69) is 20.1 Å². The van der Waals surface area contributed by atoms with Crippen molar-refractivity contribution in [1.82, 2.24) is 9.80 Å². The fourth-order valence-corrected chi connectivity index (χ4v) is 7.76. The number of hydrogen-bond acceptors (Lipinski definition) is 5. The number of para-hydroxylation sites is 1. The smallest absolute Gasteiger partial charge is 0.248 e. The van der Waals surface area contributed by atoms with E-state index in [-0.39, 0.29) is 24.3 Å². The Labute approximate surface area is 257 Å². The van der Waals surface area contributed by atoms with Crippen molar-refractivity contribution >= 4 is 23.4 Å². The molecule has 43 heavy (non-hydrogen) atoms. The first-order valence-corrected chi connectivity index (χ1v) is 16.3. The third-order valence-electron chi connectivity index (χ3n) is 9.83. The van der Waals surface area contributed by atoms with Crippen LogP contribution in [0.25, 0.3) is 0 Å². The van der Waals surface area contributed by atoms with E-state index in [4.69, 9.17) is 4.74 Å². The van der Waals surface area contributed by atoms with Gasteiger partial charge in [-0.2, -0.15) is 0 Å². The Bertz CT molecular complexity index is 1140. The molecule has 3 aliphatic heterocycles. The third kappa shape index (κ3) is 6.18. The molecule has 2 bridgehead atoms. The number of carbonyl (C=O) groups is 3. The number of ether oxygens (including phenoxy) is 1. The lowest BCUT2D eigenvalue weighted by Crippen LogP contribution is -2.56. The maximum Gasteiger partial charge on any atom is 0.248 e. The zero-order valence-corrected chi connectivity index (χ0v) is 26.2. The van der Waals surface area contributed by atoms with Gasteiger partial charge in [0.2, 0.25) is 17.7 Å². The number of hydrogen-bond donors (Lipinski definition) is 1. The summed E-state index contributed by atoms with van der Waals surface area (Å²) in [6, 6.07) is 8.72. The molecular weight excluding hydrogens is 542 g/mol. The van der Waals surface area contributed by atoms with Gasteiger partial charge in [0.15, 0.2) is 0 Å². The Hall–Kier alpha value is -2.97. The SMILES string of the molecule is C=CCN(CCCCC)C(=O)C1N(CCCCCCO)C(=O)[C@@H]2[C@@H](C(=O)N(CC=C)c3ccccc3)[C@@]3(CC)CCC12O3. The molecule has 4 rings (SSSR count). The predicted molar refractivity (Wildman–Crippen MR) is 169 cm³/mol. The Morgan fingerprint density at radius 3 is 2.37 bits per heavy atom. The lowest BCUT2D eigenvalue weighted by atomic mass is 9.64. The molecule has 3 heterocycles. The number of aliphatic hydroxyl groups excluding tert-OH is 1. The van der Waals surface area contributed by atoms with Crippen LogP contribution < -0.4 is 4.90 Å². The molecule has 0 aromatic heterocycles. The second-order valence-corrected chi connectivity index (χ2v) is 12.4. The number of aliphatic hydroxyl groups is 1. The van der Waals surface area contributed by atoms with Gasteiger partial charge in [-0.05, 0) is 50.7 Å². The molecule has 0 aliphatic carbocycles. The average Bonchev–Trinajstić information content (AvgIpc) is 3.62. The van der Waals surface area contributed by atoms with E-state index in [9.17, 15) is 19.5 Å². The second kappa shape index (κ2) is 14.7. The average molecular weight is 594 g/mol. The molecule has 1 aromatic carbocycles. The molecule has 3 aliphatic rings. The molecule has 3 fully saturated rings. The van der Waals surface area contributed by atoms with Crippen molar-refractivity contribution in [2.24, 2.45) is 11.8 Å². The quantitative estimate of drug-likeness (QED) is 0.189. The third-order valence-corrected chi connectivity index (χ3v) is 9.83. The number of carbonyl (C=O) groups excluding carboxylic acids is 3. The fraction of sp³-hybridized carbons (Fsp3) is 0.629. The lowest BCUT2D eigenvalue weighted by molar-refractivity contribution is -0.152. The van der Waals surface area contributed by atoms with E-state index < -0.39 is 29.1 Å². The number of fused-ring (bicyclic) bond motifs is 1. The summed E-state index contributed by atoms with van der Waals surface area (Å²) in [7, 11) is 0. The van der Waals surface area contributed by atoms with E-state index in [0.29, 0.717) is 51.9 Å². The molecule has 0 saturated carbocycles. The van der Waals surface area contributed by atoms with Crippen LogP contribution in [0.3, 0.4) is 0 Å². The summed E-state index contributed by atoms with van der Waals surface area (Å²) in [5.41, 5.74) is -1.10. The minimum absolute atomic E-state index is 0.103. The molecule has 2 unspecified atom stereocenters. The molecule has 1 N–H and O–H groups in total. The van der Waals surface area contributed by atoms with Crippen LogP contribution in [0, 0.1) is 11.8 Å². The monoisotopic (exact) mass is 593 g/mol. The first kappa shape index (κ1) is 32.9. The van der Waals surface area contributed by atoms with Gasteiger partial charge in [-0.15, -0.1) is 13.2 Å². The van der Waals surface area contributed by atoms with Gasteiger partial charge in [-0.3, -0.25) is 14.4 Å². The second-order valence-electron chi connectivity index (χ2n) is 12.4. The van der Waals surface area contributed by atoms with Crippen molar-refractivity contribution in [1.29, 1.82) is 0 Å². The van der Waals surface area contributed by atoms with Gasteiger partial charge in [0.05, 0.1) is 17.4 Å². The Morgan fingerprint density at radius 2 is 1.72 bits per heavy atom. The van der Waals surface area contributed by atoms with Gasteiger partial charge in [0.1, 0.15) is 11.6 Å². The van der Waals surface area contributed by atoms with Crippen molar-refractivity contribution in [3.63, 3.8) is 0 Å². The largest absolute Gasteiger partial charge is 0.396 e. The molecule has 1 aromatic rings. The van der Waals surface area contributed by atoms with E-state index in [1.807, 2.05) is 42.2 Å². The van der Waals surface area contributed by atoms with Crippen LogP contribution in [-0.4, -0.2) is 82.7 Å². The van der Waals surface area contributed by atoms with Gasteiger partial charge in [0.25, 0.3) is 0 Å². The van der Waals surface area contributed by atoms with Crippen molar-refractivity contribution in [3.05, 3.63) is 55.6 Å². The van der Waals surface area contributed by atoms with Crippen LogP contribution in [0.1, 0.15) is 78.1 Å². The van der Waals surface area contributed by atoms with Crippen molar-refractivity contribution < 1.29 is 24.2 Å². The van der Waals surface area contributed by atoms with Gasteiger partial charge >= 0.3 is 0 Å². The number of unbranched alkanes of at least 4 members (excludes halogenated alkanes) is 5. The number of benzene rings is 1. The molecule has 8 heteroatoms. The maximum atomic E-state index is 14.6. The number of likely N-dealkylation sites (tertiary alicyclic amines) is 1. The van der Waals surface area contributed by atoms with E-state index >= 15 is 0 Å². The van der Waals surface area contributed by atoms with Crippen LogP contribution in [-0.2, 0) is 19.1 Å². The van der Waals surface area contributed by atoms with E-state index in [1.54, 1.807) is 22.0 Å². The summed E-state index contributed by atoms with van der Waals surface area (Å²) >= 11 is 0. The normalized spacial score (nSPS) is 27.3. The van der Waals surface area contributed by atoms with Crippen LogP contribution in [0.4, 0.5) is 5.69 Å². The molecule has 5 atom stereocenters. The summed E-state index contributed by atoms with van der Waals surface area (Å²) in [4.78, 5) is 49.0. The van der Waals surface area contributed by atoms with E-state index in [0.717, 1.165) is 44.2 Å². The Morgan fingerprint density at radius 1 is 1.00 bits per heavy atom. The topological polar surface area (TPSA) is 90.4 Å². The fourth-order valence-electron chi connectivity index (χ4n) is 7.76. The number of anilines is 1. The predicted octanol–water partition coefficient (Wildman–Crippen LogP) is 5.12. The minimum atomic E-state index is -1.05. The lowest BCUT2D eigenvalue weighted by Gasteiger charge is -2.37. The summed E-state index contributed by atoms with van der Waals surface area (Å²) in [6.45, 7) is 13.8. The van der Waals surface area contributed by atoms with Crippen molar-refractivity contribution in [2.75, 3.05) is 37.7 Å². The summed E-state index contributed by atoms with van der Waals surface area (Å²) < 4.78 is 7.01. The van der Waals surface area contributed by atoms with E-state index in [1.165, 1.54) is 0 Å². The number of nitrogens with zero attached hydrogens (tertiary/aromatic N) is 3. The first-order valence-electron chi connectivity index (χ1n) is 16.3. The number of amides is 3. The van der Waals surface area contributed by atoms with Crippen LogP contribution in [0.15, 0.2) is 55.6 Å². The van der Waals surface area contributed by atoms with Gasteiger partial charge < -0.3 is 24.5 Å². The highest BCUT2D eigenvalue weighted by molar-refractivity contribution is 6.03. The minimum Gasteiger partial charge on any atom is -0.396 e. The summed E-state index contributed by atoms with van der Waals surface area (Å²) in [6.07, 6.45) is 11.3. The first-order chi connectivity index (χ1) is 20.9. The molecule has 0 radical (unpaired) electrons. The molecule has 3 saturated heterocycles. The highest BCUT2D eigenvalue weighted by Crippen LogP contribution is 2.64. The summed E-state index contributed by atoms with van der Waals surface area (Å²) in [5, 5.41) is 9.23. The highest BCUT2D eigenvalue weighted by atomic mass is 16.5. The maximum absolute atomic E-state index is 14.6. The Kier molecular flexibility index (Phi) is 11.2.